The van der Waals surface area contributed by atoms with E-state index < -0.39 is 16.2 Å². The van der Waals surface area contributed by atoms with Crippen LogP contribution in [-0.4, -0.2) is 50.7 Å². The van der Waals surface area contributed by atoms with Crippen LogP contribution in [0.2, 0.25) is 0 Å². The fourth-order valence-electron chi connectivity index (χ4n) is 1.44. The molecule has 0 aromatic carbocycles. The Morgan fingerprint density at radius 1 is 1.40 bits per heavy atom. The third kappa shape index (κ3) is 4.81. The number of methoxy groups -OCH3 is 1. The molecule has 0 N–H and O–H groups in total. The average molecular weight is 385 g/mol. The Bertz CT molecular complexity index is 559. The molecule has 0 saturated carbocycles. The average Bonchev–Trinajstić information content (AvgIpc) is 2.80. The van der Waals surface area contributed by atoms with Gasteiger partial charge in [-0.05, 0) is 22.0 Å². The maximum Gasteiger partial charge on any atom is 0.306 e. The monoisotopic (exact) mass is 384 g/mol. The van der Waals surface area contributed by atoms with E-state index in [1.54, 1.807) is 0 Å². The summed E-state index contributed by atoms with van der Waals surface area (Å²) in [5.41, 5.74) is 0. The molecule has 0 atom stereocenters. The summed E-state index contributed by atoms with van der Waals surface area (Å²) in [6, 6.07) is 1.88. The zero-order chi connectivity index (χ0) is 15.3. The van der Waals surface area contributed by atoms with Crippen LogP contribution in [0.4, 0.5) is 0 Å². The summed E-state index contributed by atoms with van der Waals surface area (Å²) in [7, 11) is 0.649. The molecule has 0 amide bonds. The predicted molar refractivity (Wildman–Crippen MR) is 81.7 cm³/mol. The Hall–Kier alpha value is -0.480. The summed E-state index contributed by atoms with van der Waals surface area (Å²) in [5.74, 6) is -0.433. The predicted octanol–water partition coefficient (Wildman–Crippen LogP) is 1.68. The van der Waals surface area contributed by atoms with Gasteiger partial charge in [-0.2, -0.15) is 17.0 Å². The third-order valence-electron chi connectivity index (χ3n) is 2.65. The van der Waals surface area contributed by atoms with Gasteiger partial charge in [0.25, 0.3) is 10.2 Å². The number of rotatable bonds is 7. The van der Waals surface area contributed by atoms with Gasteiger partial charge in [-0.3, -0.25) is 4.79 Å². The van der Waals surface area contributed by atoms with Crippen molar-refractivity contribution in [3.05, 3.63) is 20.8 Å². The van der Waals surface area contributed by atoms with E-state index in [-0.39, 0.29) is 13.0 Å². The quantitative estimate of drug-likeness (QED) is 0.670. The molecule has 0 bridgehead atoms. The number of thiophene rings is 1. The molecule has 20 heavy (non-hydrogen) atoms. The minimum atomic E-state index is -3.58. The van der Waals surface area contributed by atoms with Crippen molar-refractivity contribution in [2.24, 2.45) is 0 Å². The number of hydrogen-bond acceptors (Lipinski definition) is 5. The van der Waals surface area contributed by atoms with Crippen molar-refractivity contribution in [3.63, 3.8) is 0 Å². The SMILES string of the molecule is COC(=O)CCN(C)S(=O)(=O)N(C)Cc1cc(Br)cs1. The maximum atomic E-state index is 12.2. The highest BCUT2D eigenvalue weighted by Gasteiger charge is 2.24. The number of hydrogen-bond donors (Lipinski definition) is 0. The Morgan fingerprint density at radius 2 is 2.05 bits per heavy atom. The van der Waals surface area contributed by atoms with Crippen molar-refractivity contribution >= 4 is 43.4 Å². The minimum absolute atomic E-state index is 0.0324. The summed E-state index contributed by atoms with van der Waals surface area (Å²) in [5, 5.41) is 1.90. The molecular weight excluding hydrogens is 368 g/mol. The van der Waals surface area contributed by atoms with Gasteiger partial charge >= 0.3 is 5.97 Å². The first kappa shape index (κ1) is 17.6. The van der Waals surface area contributed by atoms with Crippen molar-refractivity contribution < 1.29 is 17.9 Å². The summed E-state index contributed by atoms with van der Waals surface area (Å²) in [4.78, 5) is 12.0. The fraction of sp³-hybridized carbons (Fsp3) is 0.545. The third-order valence-corrected chi connectivity index (χ3v) is 6.22. The van der Waals surface area contributed by atoms with Gasteiger partial charge in [0.05, 0.1) is 13.5 Å². The first-order chi connectivity index (χ1) is 9.27. The summed E-state index contributed by atoms with van der Waals surface area (Å²) in [6.07, 6.45) is 0.0324. The second-order valence-corrected chi connectivity index (χ2v) is 8.20. The zero-order valence-corrected chi connectivity index (χ0v) is 14.7. The van der Waals surface area contributed by atoms with E-state index in [9.17, 15) is 13.2 Å². The molecule has 0 unspecified atom stereocenters. The highest BCUT2D eigenvalue weighted by molar-refractivity contribution is 9.10. The molecule has 0 spiro atoms. The molecule has 0 aliphatic rings. The molecule has 0 radical (unpaired) electrons. The van der Waals surface area contributed by atoms with Crippen LogP contribution in [0.5, 0.6) is 0 Å². The van der Waals surface area contributed by atoms with Crippen molar-refractivity contribution in [2.75, 3.05) is 27.7 Å². The van der Waals surface area contributed by atoms with Crippen LogP contribution in [0.3, 0.4) is 0 Å². The van der Waals surface area contributed by atoms with E-state index >= 15 is 0 Å². The summed E-state index contributed by atoms with van der Waals surface area (Å²) in [6.45, 7) is 0.384. The van der Waals surface area contributed by atoms with Gasteiger partial charge in [-0.25, -0.2) is 0 Å². The highest BCUT2D eigenvalue weighted by atomic mass is 79.9. The lowest BCUT2D eigenvalue weighted by molar-refractivity contribution is -0.140. The Balaban J connectivity index is 2.64. The van der Waals surface area contributed by atoms with Crippen LogP contribution in [-0.2, 0) is 26.3 Å². The Morgan fingerprint density at radius 3 is 2.55 bits per heavy atom. The Kier molecular flexibility index (Phi) is 6.59. The van der Waals surface area contributed by atoms with Gasteiger partial charge < -0.3 is 4.74 Å². The molecule has 1 heterocycles. The standard InChI is InChI=1S/C11H17BrN2O4S2/c1-13(5-4-11(15)18-3)20(16,17)14(2)7-10-6-9(12)8-19-10/h6,8H,4-5,7H2,1-3H3. The molecule has 0 aliphatic carbocycles. The van der Waals surface area contributed by atoms with E-state index in [0.717, 1.165) is 13.7 Å². The van der Waals surface area contributed by atoms with Gasteiger partial charge in [0, 0.05) is 41.9 Å². The van der Waals surface area contributed by atoms with Crippen LogP contribution in [0.25, 0.3) is 0 Å². The highest BCUT2D eigenvalue weighted by Crippen LogP contribution is 2.22. The molecule has 1 rings (SSSR count). The molecule has 1 aromatic rings. The molecular formula is C11H17BrN2O4S2. The first-order valence-corrected chi connectivity index (χ1v) is 8.81. The number of halogens is 1. The van der Waals surface area contributed by atoms with Crippen LogP contribution in [0.1, 0.15) is 11.3 Å². The van der Waals surface area contributed by atoms with Crippen LogP contribution in [0.15, 0.2) is 15.9 Å². The van der Waals surface area contributed by atoms with Crippen LogP contribution >= 0.6 is 27.3 Å². The van der Waals surface area contributed by atoms with Gasteiger partial charge in [0.1, 0.15) is 0 Å². The normalized spacial score (nSPS) is 12.1. The maximum absolute atomic E-state index is 12.2. The molecule has 0 fully saturated rings. The summed E-state index contributed by atoms with van der Waals surface area (Å²) >= 11 is 4.81. The Labute approximate surface area is 131 Å². The lowest BCUT2D eigenvalue weighted by Crippen LogP contribution is -2.40. The van der Waals surface area contributed by atoms with Gasteiger partial charge in [-0.1, -0.05) is 0 Å². The van der Waals surface area contributed by atoms with Crippen molar-refractivity contribution in [2.45, 2.75) is 13.0 Å². The van der Waals surface area contributed by atoms with E-state index in [4.69, 9.17) is 0 Å². The molecule has 0 saturated heterocycles. The molecule has 0 aliphatic heterocycles. The number of carbonyl (C=O) groups is 1. The second kappa shape index (κ2) is 7.51. The van der Waals surface area contributed by atoms with E-state index in [0.29, 0.717) is 6.54 Å². The van der Waals surface area contributed by atoms with Gasteiger partial charge in [0.15, 0.2) is 0 Å². The molecule has 114 valence electrons. The smallest absolute Gasteiger partial charge is 0.306 e. The van der Waals surface area contributed by atoms with Crippen molar-refractivity contribution in [3.8, 4) is 0 Å². The lowest BCUT2D eigenvalue weighted by atomic mass is 10.4. The number of esters is 1. The van der Waals surface area contributed by atoms with Crippen LogP contribution < -0.4 is 0 Å². The number of nitrogens with zero attached hydrogens (tertiary/aromatic N) is 2. The topological polar surface area (TPSA) is 66.9 Å². The molecule has 1 aromatic heterocycles. The molecule has 9 heteroatoms. The van der Waals surface area contributed by atoms with Crippen LogP contribution in [0, 0.1) is 0 Å². The largest absolute Gasteiger partial charge is 0.469 e. The van der Waals surface area contributed by atoms with Gasteiger partial charge in [-0.15, -0.1) is 11.3 Å². The van der Waals surface area contributed by atoms with Crippen molar-refractivity contribution in [1.29, 1.82) is 0 Å². The van der Waals surface area contributed by atoms with E-state index in [1.165, 1.54) is 36.8 Å². The minimum Gasteiger partial charge on any atom is -0.469 e. The first-order valence-electron chi connectivity index (χ1n) is 5.74. The van der Waals surface area contributed by atoms with E-state index in [1.807, 2.05) is 11.4 Å². The molecule has 6 nitrogen and oxygen atoms in total. The zero-order valence-electron chi connectivity index (χ0n) is 11.5. The number of ether oxygens (including phenoxy) is 1. The van der Waals surface area contributed by atoms with Crippen molar-refractivity contribution in [1.82, 2.24) is 8.61 Å². The second-order valence-electron chi connectivity index (χ2n) is 4.14. The number of carbonyl (C=O) groups excluding carboxylic acids is 1. The fourth-order valence-corrected chi connectivity index (χ4v) is 4.13. The van der Waals surface area contributed by atoms with Gasteiger partial charge in [0.2, 0.25) is 0 Å². The summed E-state index contributed by atoms with van der Waals surface area (Å²) < 4.78 is 32.3. The lowest BCUT2D eigenvalue weighted by Gasteiger charge is -2.23. The van der Waals surface area contributed by atoms with E-state index in [2.05, 4.69) is 20.7 Å².